The highest BCUT2D eigenvalue weighted by Crippen LogP contribution is 2.34. The van der Waals surface area contributed by atoms with Crippen LogP contribution in [-0.2, 0) is 4.74 Å². The van der Waals surface area contributed by atoms with Crippen molar-refractivity contribution >= 4 is 54.5 Å². The van der Waals surface area contributed by atoms with Crippen molar-refractivity contribution in [2.45, 2.75) is 26.9 Å². The van der Waals surface area contributed by atoms with E-state index in [4.69, 9.17) is 14.5 Å². The van der Waals surface area contributed by atoms with Crippen LogP contribution in [0.4, 0.5) is 15.8 Å². The third-order valence-corrected chi connectivity index (χ3v) is 8.78. The number of benzene rings is 4. The highest BCUT2D eigenvalue weighted by Gasteiger charge is 2.09. The Labute approximate surface area is 270 Å². The molecule has 0 radical (unpaired) electrons. The zero-order valence-corrected chi connectivity index (χ0v) is 27.3. The predicted octanol–water partition coefficient (Wildman–Crippen LogP) is 9.45. The average molecular weight is 644 g/mol. The van der Waals surface area contributed by atoms with Crippen LogP contribution in [0.1, 0.15) is 20.8 Å². The predicted molar refractivity (Wildman–Crippen MR) is 187 cm³/mol. The maximum atomic E-state index is 12.8. The van der Waals surface area contributed by atoms with E-state index in [2.05, 4.69) is 53.7 Å². The highest BCUT2D eigenvalue weighted by molar-refractivity contribution is 7.22. The second kappa shape index (κ2) is 15.2. The van der Waals surface area contributed by atoms with Crippen LogP contribution in [0.25, 0.3) is 41.6 Å². The Morgan fingerprint density at radius 3 is 1.80 bits per heavy atom. The number of aromatic hydroxyl groups is 1. The van der Waals surface area contributed by atoms with E-state index in [1.54, 1.807) is 30.6 Å². The van der Waals surface area contributed by atoms with Gasteiger partial charge in [0, 0.05) is 42.7 Å². The number of fused-ring (bicyclic) bond motifs is 2. The number of hydrogen-bond donors (Lipinski definition) is 3. The van der Waals surface area contributed by atoms with Gasteiger partial charge in [0.25, 0.3) is 0 Å². The van der Waals surface area contributed by atoms with Crippen molar-refractivity contribution in [3.8, 4) is 32.6 Å². The number of ether oxygens (including phenoxy) is 2. The summed E-state index contributed by atoms with van der Waals surface area (Å²) in [6, 6.07) is 27.3. The van der Waals surface area contributed by atoms with E-state index >= 15 is 0 Å². The number of phenols is 1. The summed E-state index contributed by atoms with van der Waals surface area (Å²) in [5, 5.41) is 17.9. The number of nitrogens with one attached hydrogen (secondary N) is 2. The molecule has 0 fully saturated rings. The first-order chi connectivity index (χ1) is 21.8. The van der Waals surface area contributed by atoms with Gasteiger partial charge in [0.15, 0.2) is 6.79 Å². The van der Waals surface area contributed by atoms with Crippen LogP contribution in [0.2, 0.25) is 0 Å². The minimum Gasteiger partial charge on any atom is -0.508 e. The zero-order chi connectivity index (χ0) is 31.8. The molecule has 10 heteroatoms. The van der Waals surface area contributed by atoms with Gasteiger partial charge in [-0.1, -0.05) is 13.8 Å². The van der Waals surface area contributed by atoms with Crippen LogP contribution in [0.3, 0.4) is 0 Å². The molecule has 3 N–H and O–H groups in total. The zero-order valence-electron chi connectivity index (χ0n) is 25.7. The van der Waals surface area contributed by atoms with Crippen molar-refractivity contribution in [2.75, 3.05) is 37.6 Å². The van der Waals surface area contributed by atoms with Crippen molar-refractivity contribution in [3.05, 3.63) is 84.9 Å². The molecule has 1 unspecified atom stereocenters. The number of methoxy groups -OCH3 is 1. The first-order valence-electron chi connectivity index (χ1n) is 14.7. The molecule has 2 heterocycles. The van der Waals surface area contributed by atoms with E-state index in [0.29, 0.717) is 12.5 Å². The number of hydrogen-bond acceptors (Lipinski definition) is 9. The Kier molecular flexibility index (Phi) is 10.8. The van der Waals surface area contributed by atoms with Crippen LogP contribution in [0.15, 0.2) is 84.9 Å². The van der Waals surface area contributed by atoms with Crippen molar-refractivity contribution in [3.63, 3.8) is 0 Å². The first kappa shape index (κ1) is 32.2. The summed E-state index contributed by atoms with van der Waals surface area (Å²) in [5.74, 6) is 1.67. The molecular formula is C35H37FN4O3S2. The molecule has 0 bridgehead atoms. The van der Waals surface area contributed by atoms with E-state index in [1.165, 1.54) is 18.3 Å². The smallest absolute Gasteiger partial charge is 0.188 e. The topological polar surface area (TPSA) is 88.5 Å². The molecule has 0 amide bonds. The number of phenolic OH excluding ortho intramolecular Hbond substituents is 1. The quantitative estimate of drug-likeness (QED) is 0.121. The first-order valence-corrected chi connectivity index (χ1v) is 16.3. The molecule has 6 aromatic rings. The molecular weight excluding hydrogens is 607 g/mol. The van der Waals surface area contributed by atoms with Crippen LogP contribution in [0.5, 0.6) is 11.5 Å². The van der Waals surface area contributed by atoms with E-state index in [9.17, 15) is 9.50 Å². The van der Waals surface area contributed by atoms with E-state index < -0.39 is 6.17 Å². The fraction of sp³-hybridized carbons (Fsp3) is 0.257. The second-order valence-electron chi connectivity index (χ2n) is 11.0. The number of aromatic nitrogens is 2. The summed E-state index contributed by atoms with van der Waals surface area (Å²) in [6.45, 7) is 7.46. The maximum Gasteiger partial charge on any atom is 0.188 e. The summed E-state index contributed by atoms with van der Waals surface area (Å²) in [4.78, 5) is 9.27. The molecule has 0 aliphatic carbocycles. The Balaban J connectivity index is 0.000000179. The summed E-state index contributed by atoms with van der Waals surface area (Å²) >= 11 is 3.21. The molecule has 6 rings (SSSR count). The number of anilines is 2. The molecule has 1 atom stereocenters. The molecule has 4 aromatic carbocycles. The fourth-order valence-corrected chi connectivity index (χ4v) is 6.33. The third-order valence-electron chi connectivity index (χ3n) is 6.64. The monoisotopic (exact) mass is 643 g/mol. The maximum absolute atomic E-state index is 12.8. The van der Waals surface area contributed by atoms with Crippen molar-refractivity contribution in [1.29, 1.82) is 0 Å². The molecule has 0 saturated carbocycles. The molecule has 0 aliphatic rings. The minimum absolute atomic E-state index is 0.248. The van der Waals surface area contributed by atoms with Crippen molar-refractivity contribution < 1.29 is 19.0 Å². The highest BCUT2D eigenvalue weighted by atomic mass is 32.1. The van der Waals surface area contributed by atoms with Crippen LogP contribution >= 0.6 is 22.7 Å². The van der Waals surface area contributed by atoms with Gasteiger partial charge in [-0.15, -0.1) is 22.7 Å². The van der Waals surface area contributed by atoms with Gasteiger partial charge in [0.1, 0.15) is 27.7 Å². The fourth-order valence-electron chi connectivity index (χ4n) is 4.32. The lowest BCUT2D eigenvalue weighted by molar-refractivity contribution is 0.0512. The second-order valence-corrected chi connectivity index (χ2v) is 13.0. The lowest BCUT2D eigenvalue weighted by atomic mass is 10.2. The SMILES string of the molecule is CC([18F])CNc1ccc(-c2nc3ccc(O)cc3s2)cc1.COCOc1ccc2nc(-c3ccc(NCC(C)C)cc3)sc2c1. The molecule has 2 aromatic heterocycles. The van der Waals surface area contributed by atoms with Gasteiger partial charge in [-0.2, -0.15) is 0 Å². The number of alkyl halides is 1. The standard InChI is InChI=1S/C19H22N2O2S.C16H15FN2OS/c1-13(2)11-20-15-6-4-14(5-7-15)19-21-17-9-8-16(23-12-22-3)10-18(17)24-19;1-10(17)9-18-12-4-2-11(3-5-12)16-19-14-7-6-13(20)8-15(14)21-16/h4-10,13,20H,11-12H2,1-3H3;2-8,10,18,20H,9H2,1H3/i;17-1. The summed E-state index contributed by atoms with van der Waals surface area (Å²) < 4.78 is 25.3. The van der Waals surface area contributed by atoms with Crippen LogP contribution < -0.4 is 15.4 Å². The molecule has 45 heavy (non-hydrogen) atoms. The number of nitrogens with zero attached hydrogens (tertiary/aromatic N) is 2. The Morgan fingerprint density at radius 2 is 1.27 bits per heavy atom. The van der Waals surface area contributed by atoms with Crippen molar-refractivity contribution in [1.82, 2.24) is 9.97 Å². The Hall–Kier alpha value is -4.25. The van der Waals surface area contributed by atoms with E-state index in [1.807, 2.05) is 48.5 Å². The molecule has 234 valence electrons. The van der Waals surface area contributed by atoms with Crippen molar-refractivity contribution in [2.24, 2.45) is 5.92 Å². The summed E-state index contributed by atoms with van der Waals surface area (Å²) in [5.41, 5.74) is 6.04. The van der Waals surface area contributed by atoms with Gasteiger partial charge in [-0.25, -0.2) is 14.4 Å². The van der Waals surface area contributed by atoms with E-state index in [0.717, 1.165) is 65.2 Å². The van der Waals surface area contributed by atoms with E-state index in [-0.39, 0.29) is 12.5 Å². The largest absolute Gasteiger partial charge is 0.508 e. The van der Waals surface area contributed by atoms with Gasteiger partial charge in [-0.3, -0.25) is 0 Å². The lowest BCUT2D eigenvalue weighted by Gasteiger charge is -2.08. The van der Waals surface area contributed by atoms with Gasteiger partial charge in [0.2, 0.25) is 0 Å². The van der Waals surface area contributed by atoms with Gasteiger partial charge in [-0.05, 0) is 97.8 Å². The summed E-state index contributed by atoms with van der Waals surface area (Å²) in [7, 11) is 1.61. The number of halogens is 1. The van der Waals surface area contributed by atoms with Crippen LogP contribution in [-0.4, -0.2) is 48.2 Å². The Morgan fingerprint density at radius 1 is 0.733 bits per heavy atom. The minimum atomic E-state index is -0.874. The number of rotatable bonds is 11. The molecule has 0 spiro atoms. The summed E-state index contributed by atoms with van der Waals surface area (Å²) in [6.07, 6.45) is -0.874. The average Bonchev–Trinajstić information content (AvgIpc) is 3.66. The van der Waals surface area contributed by atoms with Crippen LogP contribution in [0, 0.1) is 5.92 Å². The molecule has 0 aliphatic heterocycles. The van der Waals surface area contributed by atoms with Gasteiger partial charge in [0.05, 0.1) is 20.4 Å². The normalized spacial score (nSPS) is 11.8. The lowest BCUT2D eigenvalue weighted by Crippen LogP contribution is -2.10. The van der Waals surface area contributed by atoms with Gasteiger partial charge < -0.3 is 25.2 Å². The Bertz CT molecular complexity index is 1820. The molecule has 7 nitrogen and oxygen atoms in total. The third kappa shape index (κ3) is 8.91. The molecule has 0 saturated heterocycles. The van der Waals surface area contributed by atoms with Gasteiger partial charge >= 0.3 is 0 Å². The number of thiazole rings is 2.